The van der Waals surface area contributed by atoms with Crippen molar-refractivity contribution in [3.8, 4) is 0 Å². The van der Waals surface area contributed by atoms with Gasteiger partial charge < -0.3 is 5.73 Å². The van der Waals surface area contributed by atoms with E-state index in [0.29, 0.717) is 16.7 Å². The molecule has 1 aromatic rings. The molecule has 18 heavy (non-hydrogen) atoms. The molecule has 1 fully saturated rings. The SMILES string of the molecule is Cc1nc(N)sc1S(=O)(=O)NC1CCCC(C)C1. The lowest BCUT2D eigenvalue weighted by Crippen LogP contribution is -2.37. The van der Waals surface area contributed by atoms with Gasteiger partial charge >= 0.3 is 0 Å². The van der Waals surface area contributed by atoms with Crippen LogP contribution >= 0.6 is 11.3 Å². The Hall–Kier alpha value is -0.660. The van der Waals surface area contributed by atoms with Crippen LogP contribution in [0.3, 0.4) is 0 Å². The van der Waals surface area contributed by atoms with Crippen molar-refractivity contribution >= 4 is 26.5 Å². The summed E-state index contributed by atoms with van der Waals surface area (Å²) in [5.74, 6) is 0.582. The molecule has 2 atom stereocenters. The molecule has 0 bridgehead atoms. The number of thiazole rings is 1. The monoisotopic (exact) mass is 289 g/mol. The van der Waals surface area contributed by atoms with E-state index in [2.05, 4.69) is 16.6 Å². The summed E-state index contributed by atoms with van der Waals surface area (Å²) in [5, 5.41) is 0.296. The summed E-state index contributed by atoms with van der Waals surface area (Å²) in [5.41, 5.74) is 6.03. The Kier molecular flexibility index (Phi) is 3.93. The standard InChI is InChI=1S/C11H19N3O2S2/c1-7-4-3-5-9(6-7)14-18(15,16)10-8(2)13-11(12)17-10/h7,9,14H,3-6H2,1-2H3,(H2,12,13). The number of nitrogens with two attached hydrogens (primary N) is 1. The zero-order valence-corrected chi connectivity index (χ0v) is 12.3. The van der Waals surface area contributed by atoms with E-state index < -0.39 is 10.0 Å². The maximum Gasteiger partial charge on any atom is 0.252 e. The molecular formula is C11H19N3O2S2. The van der Waals surface area contributed by atoms with E-state index in [0.717, 1.165) is 30.6 Å². The molecule has 3 N–H and O–H groups in total. The maximum atomic E-state index is 12.2. The van der Waals surface area contributed by atoms with E-state index >= 15 is 0 Å². The quantitative estimate of drug-likeness (QED) is 0.890. The fourth-order valence-corrected chi connectivity index (χ4v) is 5.07. The van der Waals surface area contributed by atoms with Gasteiger partial charge in [-0.15, -0.1) is 0 Å². The number of hydrogen-bond donors (Lipinski definition) is 2. The molecule has 2 rings (SSSR count). The van der Waals surface area contributed by atoms with Crippen LogP contribution in [0.2, 0.25) is 0 Å². The number of hydrogen-bond acceptors (Lipinski definition) is 5. The Morgan fingerprint density at radius 3 is 2.72 bits per heavy atom. The summed E-state index contributed by atoms with van der Waals surface area (Å²) in [4.78, 5) is 3.96. The van der Waals surface area contributed by atoms with E-state index in [9.17, 15) is 8.42 Å². The van der Waals surface area contributed by atoms with E-state index in [1.54, 1.807) is 6.92 Å². The van der Waals surface area contributed by atoms with Crippen molar-refractivity contribution in [2.75, 3.05) is 5.73 Å². The van der Waals surface area contributed by atoms with Gasteiger partial charge in [-0.3, -0.25) is 0 Å². The summed E-state index contributed by atoms with van der Waals surface area (Å²) in [6.07, 6.45) is 4.09. The van der Waals surface area contributed by atoms with Crippen LogP contribution in [0.5, 0.6) is 0 Å². The minimum atomic E-state index is -3.47. The third-order valence-electron chi connectivity index (χ3n) is 3.27. The van der Waals surface area contributed by atoms with Crippen LogP contribution in [0.25, 0.3) is 0 Å². The summed E-state index contributed by atoms with van der Waals surface area (Å²) in [7, 11) is -3.47. The van der Waals surface area contributed by atoms with Crippen LogP contribution < -0.4 is 10.5 Å². The molecule has 0 saturated heterocycles. The van der Waals surface area contributed by atoms with Crippen LogP contribution in [0.4, 0.5) is 5.13 Å². The summed E-state index contributed by atoms with van der Waals surface area (Å²) < 4.78 is 27.5. The minimum absolute atomic E-state index is 0.0430. The molecule has 1 heterocycles. The number of nitrogens with zero attached hydrogens (tertiary/aromatic N) is 1. The fraction of sp³-hybridized carbons (Fsp3) is 0.727. The molecule has 0 aromatic carbocycles. The number of nitrogen functional groups attached to an aromatic ring is 1. The van der Waals surface area contributed by atoms with Crippen molar-refractivity contribution in [2.45, 2.75) is 49.8 Å². The van der Waals surface area contributed by atoms with E-state index in [1.807, 2.05) is 0 Å². The molecule has 1 aliphatic rings. The van der Waals surface area contributed by atoms with Gasteiger partial charge in [-0.1, -0.05) is 31.1 Å². The van der Waals surface area contributed by atoms with Crippen molar-refractivity contribution < 1.29 is 8.42 Å². The highest BCUT2D eigenvalue weighted by Crippen LogP contribution is 2.28. The van der Waals surface area contributed by atoms with E-state index in [-0.39, 0.29) is 10.3 Å². The smallest absolute Gasteiger partial charge is 0.252 e. The second-order valence-corrected chi connectivity index (χ2v) is 7.95. The van der Waals surface area contributed by atoms with E-state index in [1.165, 1.54) is 6.42 Å². The first-order chi connectivity index (χ1) is 8.38. The van der Waals surface area contributed by atoms with Gasteiger partial charge in [0.05, 0.1) is 5.69 Å². The molecule has 1 aliphatic carbocycles. The second-order valence-electron chi connectivity index (χ2n) is 5.01. The molecule has 0 spiro atoms. The van der Waals surface area contributed by atoms with Crippen LogP contribution in [-0.2, 0) is 10.0 Å². The highest BCUT2D eigenvalue weighted by Gasteiger charge is 2.27. The Morgan fingerprint density at radius 1 is 1.44 bits per heavy atom. The molecule has 7 heteroatoms. The number of sulfonamides is 1. The van der Waals surface area contributed by atoms with Gasteiger partial charge in [-0.2, -0.15) is 0 Å². The van der Waals surface area contributed by atoms with Gasteiger partial charge in [0.2, 0.25) is 0 Å². The van der Waals surface area contributed by atoms with Crippen molar-refractivity contribution in [3.05, 3.63) is 5.69 Å². The van der Waals surface area contributed by atoms with Gasteiger partial charge in [0, 0.05) is 6.04 Å². The lowest BCUT2D eigenvalue weighted by molar-refractivity contribution is 0.327. The fourth-order valence-electron chi connectivity index (χ4n) is 2.47. The second kappa shape index (κ2) is 5.14. The summed E-state index contributed by atoms with van der Waals surface area (Å²) >= 11 is 1.03. The van der Waals surface area contributed by atoms with Crippen LogP contribution in [0.15, 0.2) is 4.21 Å². The molecule has 5 nitrogen and oxygen atoms in total. The normalized spacial score (nSPS) is 25.2. The van der Waals surface area contributed by atoms with E-state index in [4.69, 9.17) is 5.73 Å². The lowest BCUT2D eigenvalue weighted by atomic mass is 9.88. The molecule has 1 saturated carbocycles. The van der Waals surface area contributed by atoms with Crippen molar-refractivity contribution in [2.24, 2.45) is 5.92 Å². The zero-order chi connectivity index (χ0) is 13.3. The Labute approximate surface area is 112 Å². The largest absolute Gasteiger partial charge is 0.375 e. The first-order valence-corrected chi connectivity index (χ1v) is 8.43. The first-order valence-electron chi connectivity index (χ1n) is 6.13. The summed E-state index contributed by atoms with van der Waals surface area (Å²) in [6.45, 7) is 3.83. The topological polar surface area (TPSA) is 85.1 Å². The molecular weight excluding hydrogens is 270 g/mol. The number of nitrogens with one attached hydrogen (secondary N) is 1. The summed E-state index contributed by atoms with van der Waals surface area (Å²) in [6, 6.07) is 0.0430. The van der Waals surface area contributed by atoms with Crippen molar-refractivity contribution in [1.82, 2.24) is 9.71 Å². The predicted molar refractivity (Wildman–Crippen MR) is 73.0 cm³/mol. The Morgan fingerprint density at radius 2 is 2.17 bits per heavy atom. The van der Waals surface area contributed by atoms with Crippen LogP contribution in [0, 0.1) is 12.8 Å². The average Bonchev–Trinajstić information content (AvgIpc) is 2.58. The van der Waals surface area contributed by atoms with Crippen molar-refractivity contribution in [3.63, 3.8) is 0 Å². The predicted octanol–water partition coefficient (Wildman–Crippen LogP) is 1.89. The maximum absolute atomic E-state index is 12.2. The van der Waals surface area contributed by atoms with Crippen LogP contribution in [-0.4, -0.2) is 19.4 Å². The molecule has 0 radical (unpaired) electrons. The Bertz CT molecular complexity index is 524. The molecule has 2 unspecified atom stereocenters. The highest BCUT2D eigenvalue weighted by atomic mass is 32.2. The molecule has 1 aromatic heterocycles. The van der Waals surface area contributed by atoms with Crippen molar-refractivity contribution in [1.29, 1.82) is 0 Å². The first kappa shape index (κ1) is 13.8. The van der Waals surface area contributed by atoms with Crippen LogP contribution in [0.1, 0.15) is 38.3 Å². The molecule has 102 valence electrons. The number of anilines is 1. The van der Waals surface area contributed by atoms with Gasteiger partial charge in [0.25, 0.3) is 10.0 Å². The number of rotatable bonds is 3. The highest BCUT2D eigenvalue weighted by molar-refractivity contribution is 7.91. The third kappa shape index (κ3) is 3.02. The van der Waals surface area contributed by atoms with Gasteiger partial charge in [0.1, 0.15) is 0 Å². The van der Waals surface area contributed by atoms with Gasteiger partial charge in [0.15, 0.2) is 9.34 Å². The lowest BCUT2D eigenvalue weighted by Gasteiger charge is -2.27. The molecule has 0 amide bonds. The Balaban J connectivity index is 2.14. The minimum Gasteiger partial charge on any atom is -0.375 e. The number of aromatic nitrogens is 1. The van der Waals surface area contributed by atoms with Gasteiger partial charge in [-0.05, 0) is 25.7 Å². The third-order valence-corrected chi connectivity index (χ3v) is 6.39. The van der Waals surface area contributed by atoms with Gasteiger partial charge in [-0.25, -0.2) is 18.1 Å². The number of aryl methyl sites for hydroxylation is 1. The zero-order valence-electron chi connectivity index (χ0n) is 10.6. The molecule has 0 aliphatic heterocycles. The average molecular weight is 289 g/mol.